The van der Waals surface area contributed by atoms with Crippen LogP contribution in [0.4, 0.5) is 5.69 Å². The molecule has 214 valence electrons. The molecule has 1 N–H and O–H groups in total. The van der Waals surface area contributed by atoms with Gasteiger partial charge in [-0.3, -0.25) is 14.6 Å². The standard InChI is InChI=1S/C33H36Cl2N4O2/c1-32(2)21-23-7-6-22(20-25(23)29(32)37-30(40)28-26(34)4-3-5-27(28)35)31(41)39-18-12-33(13-19-39)10-16-38(17-11-33)24-8-14-36-15-9-24/h3-9,14-15,20,29H,10-13,16-19,21H2,1-2H3,(H,37,40). The second kappa shape index (κ2) is 11.0. The van der Waals surface area contributed by atoms with E-state index in [0.717, 1.165) is 69.4 Å². The molecule has 1 aromatic heterocycles. The fourth-order valence-electron chi connectivity index (χ4n) is 7.02. The molecular weight excluding hydrogens is 555 g/mol. The summed E-state index contributed by atoms with van der Waals surface area (Å²) in [6, 6.07) is 15.0. The number of carbonyl (C=O) groups excluding carboxylic acids is 2. The minimum Gasteiger partial charge on any atom is -0.371 e. The first kappa shape index (κ1) is 28.0. The van der Waals surface area contributed by atoms with Crippen molar-refractivity contribution in [2.24, 2.45) is 10.8 Å². The predicted molar refractivity (Wildman–Crippen MR) is 164 cm³/mol. The van der Waals surface area contributed by atoms with E-state index < -0.39 is 0 Å². The smallest absolute Gasteiger partial charge is 0.254 e. The second-order valence-electron chi connectivity index (χ2n) is 12.6. The van der Waals surface area contributed by atoms with E-state index in [2.05, 4.69) is 47.2 Å². The molecule has 0 radical (unpaired) electrons. The van der Waals surface area contributed by atoms with E-state index >= 15 is 0 Å². The van der Waals surface area contributed by atoms with Crippen molar-refractivity contribution in [3.63, 3.8) is 0 Å². The first-order chi connectivity index (χ1) is 19.7. The predicted octanol–water partition coefficient (Wildman–Crippen LogP) is 6.96. The van der Waals surface area contributed by atoms with Crippen LogP contribution in [-0.4, -0.2) is 47.9 Å². The fourth-order valence-corrected chi connectivity index (χ4v) is 7.59. The quantitative estimate of drug-likeness (QED) is 0.356. The maximum Gasteiger partial charge on any atom is 0.254 e. The molecule has 1 spiro atoms. The van der Waals surface area contributed by atoms with Gasteiger partial charge < -0.3 is 15.1 Å². The Labute approximate surface area is 252 Å². The number of carbonyl (C=O) groups is 2. The van der Waals surface area contributed by atoms with Crippen LogP contribution in [0.2, 0.25) is 10.0 Å². The summed E-state index contributed by atoms with van der Waals surface area (Å²) >= 11 is 12.6. The van der Waals surface area contributed by atoms with Gasteiger partial charge in [-0.2, -0.15) is 0 Å². The SMILES string of the molecule is CC1(C)Cc2ccc(C(=O)N3CCC4(CC3)CCN(c3ccncc3)CC4)cc2C1NC(=O)c1c(Cl)cccc1Cl. The Morgan fingerprint density at radius 1 is 0.902 bits per heavy atom. The van der Waals surface area contributed by atoms with Gasteiger partial charge in [0, 0.05) is 49.8 Å². The molecule has 3 aromatic rings. The largest absolute Gasteiger partial charge is 0.371 e. The molecule has 1 aliphatic carbocycles. The minimum absolute atomic E-state index is 0.0702. The zero-order valence-corrected chi connectivity index (χ0v) is 25.1. The number of pyridine rings is 1. The molecule has 8 heteroatoms. The molecule has 1 unspecified atom stereocenters. The van der Waals surface area contributed by atoms with Gasteiger partial charge in [0.05, 0.1) is 21.7 Å². The topological polar surface area (TPSA) is 65.5 Å². The molecule has 1 atom stereocenters. The molecule has 6 nitrogen and oxygen atoms in total. The van der Waals surface area contributed by atoms with Crippen molar-refractivity contribution < 1.29 is 9.59 Å². The highest BCUT2D eigenvalue weighted by atomic mass is 35.5. The summed E-state index contributed by atoms with van der Waals surface area (Å²) in [4.78, 5) is 35.6. The Bertz CT molecular complexity index is 1440. The number of hydrogen-bond donors (Lipinski definition) is 1. The first-order valence-corrected chi connectivity index (χ1v) is 15.2. The lowest BCUT2D eigenvalue weighted by Gasteiger charge is -2.47. The Kier molecular flexibility index (Phi) is 7.50. The van der Waals surface area contributed by atoms with E-state index in [1.165, 1.54) is 5.69 Å². The van der Waals surface area contributed by atoms with Gasteiger partial charge in [0.1, 0.15) is 0 Å². The lowest BCUT2D eigenvalue weighted by molar-refractivity contribution is 0.0515. The number of piperidine rings is 2. The summed E-state index contributed by atoms with van der Waals surface area (Å²) in [5, 5.41) is 3.82. The molecular formula is C33H36Cl2N4O2. The third kappa shape index (κ3) is 5.44. The fraction of sp³-hybridized carbons (Fsp3) is 0.424. The van der Waals surface area contributed by atoms with E-state index in [9.17, 15) is 9.59 Å². The maximum absolute atomic E-state index is 13.7. The molecule has 0 saturated carbocycles. The highest BCUT2D eigenvalue weighted by Gasteiger charge is 2.42. The van der Waals surface area contributed by atoms with Crippen LogP contribution in [-0.2, 0) is 6.42 Å². The molecule has 0 bridgehead atoms. The number of fused-ring (bicyclic) bond motifs is 1. The number of likely N-dealkylation sites (tertiary alicyclic amines) is 1. The number of amides is 2. The van der Waals surface area contributed by atoms with E-state index in [-0.39, 0.29) is 28.8 Å². The molecule has 2 aliphatic heterocycles. The summed E-state index contributed by atoms with van der Waals surface area (Å²) in [5.74, 6) is -0.236. The summed E-state index contributed by atoms with van der Waals surface area (Å²) in [7, 11) is 0. The van der Waals surface area contributed by atoms with E-state index in [1.54, 1.807) is 18.2 Å². The first-order valence-electron chi connectivity index (χ1n) is 14.5. The van der Waals surface area contributed by atoms with Crippen LogP contribution in [0.5, 0.6) is 0 Å². The number of benzene rings is 2. The van der Waals surface area contributed by atoms with Crippen molar-refractivity contribution in [1.82, 2.24) is 15.2 Å². The number of anilines is 1. The molecule has 2 amide bonds. The van der Waals surface area contributed by atoms with Crippen molar-refractivity contribution in [3.05, 3.63) is 93.2 Å². The van der Waals surface area contributed by atoms with Gasteiger partial charge in [-0.15, -0.1) is 0 Å². The summed E-state index contributed by atoms with van der Waals surface area (Å²) in [6.07, 6.45) is 8.91. The summed E-state index contributed by atoms with van der Waals surface area (Å²) < 4.78 is 0. The van der Waals surface area contributed by atoms with Gasteiger partial charge in [0.15, 0.2) is 0 Å². The lowest BCUT2D eigenvalue weighted by atomic mass is 9.71. The maximum atomic E-state index is 13.7. The third-order valence-electron chi connectivity index (χ3n) is 9.56. The number of aromatic nitrogens is 1. The zero-order valence-electron chi connectivity index (χ0n) is 23.6. The van der Waals surface area contributed by atoms with Crippen molar-refractivity contribution in [2.75, 3.05) is 31.1 Å². The van der Waals surface area contributed by atoms with E-state index in [4.69, 9.17) is 23.2 Å². The summed E-state index contributed by atoms with van der Waals surface area (Å²) in [5.41, 5.74) is 4.44. The third-order valence-corrected chi connectivity index (χ3v) is 10.2. The van der Waals surface area contributed by atoms with E-state index in [0.29, 0.717) is 21.0 Å². The van der Waals surface area contributed by atoms with Crippen molar-refractivity contribution >= 4 is 40.7 Å². The Morgan fingerprint density at radius 3 is 2.20 bits per heavy atom. The lowest BCUT2D eigenvalue weighted by Crippen LogP contribution is -2.48. The average molecular weight is 592 g/mol. The van der Waals surface area contributed by atoms with Gasteiger partial charge >= 0.3 is 0 Å². The normalized spacial score (nSPS) is 21.0. The minimum atomic E-state index is -0.306. The van der Waals surface area contributed by atoms with Crippen LogP contribution in [0.3, 0.4) is 0 Å². The molecule has 3 heterocycles. The van der Waals surface area contributed by atoms with E-state index in [1.807, 2.05) is 29.4 Å². The van der Waals surface area contributed by atoms with Crippen LogP contribution < -0.4 is 10.2 Å². The van der Waals surface area contributed by atoms with Crippen LogP contribution >= 0.6 is 23.2 Å². The average Bonchev–Trinajstić information content (AvgIpc) is 3.22. The molecule has 2 aromatic carbocycles. The Hall–Kier alpha value is -3.09. The molecule has 41 heavy (non-hydrogen) atoms. The Morgan fingerprint density at radius 2 is 1.54 bits per heavy atom. The number of nitrogens with zero attached hydrogens (tertiary/aromatic N) is 3. The number of rotatable bonds is 4. The van der Waals surface area contributed by atoms with Gasteiger partial charge in [-0.1, -0.05) is 49.2 Å². The van der Waals surface area contributed by atoms with Gasteiger partial charge in [-0.25, -0.2) is 0 Å². The van der Waals surface area contributed by atoms with Gasteiger partial charge in [0.2, 0.25) is 0 Å². The highest BCUT2D eigenvalue weighted by molar-refractivity contribution is 6.39. The number of halogens is 2. The molecule has 2 fully saturated rings. The monoisotopic (exact) mass is 590 g/mol. The Balaban J connectivity index is 1.13. The summed E-state index contributed by atoms with van der Waals surface area (Å²) in [6.45, 7) is 7.93. The van der Waals surface area contributed by atoms with Crippen molar-refractivity contribution in [1.29, 1.82) is 0 Å². The molecule has 6 rings (SSSR count). The number of hydrogen-bond acceptors (Lipinski definition) is 4. The van der Waals surface area contributed by atoms with Gasteiger partial charge in [-0.05, 0) is 90.5 Å². The molecule has 3 aliphatic rings. The highest BCUT2D eigenvalue weighted by Crippen LogP contribution is 2.46. The second-order valence-corrected chi connectivity index (χ2v) is 13.4. The van der Waals surface area contributed by atoms with Gasteiger partial charge in [0.25, 0.3) is 11.8 Å². The number of nitrogens with one attached hydrogen (secondary N) is 1. The van der Waals surface area contributed by atoms with Crippen molar-refractivity contribution in [2.45, 2.75) is 52.0 Å². The van der Waals surface area contributed by atoms with Crippen LogP contribution in [0.15, 0.2) is 60.9 Å². The van der Waals surface area contributed by atoms with Crippen molar-refractivity contribution in [3.8, 4) is 0 Å². The molecule has 2 saturated heterocycles. The zero-order chi connectivity index (χ0) is 28.8. The van der Waals surface area contributed by atoms with Crippen LogP contribution in [0, 0.1) is 10.8 Å². The van der Waals surface area contributed by atoms with Crippen LogP contribution in [0.25, 0.3) is 0 Å². The van der Waals surface area contributed by atoms with Crippen LogP contribution in [0.1, 0.15) is 77.4 Å².